The Balaban J connectivity index is 0.000000205. The maximum absolute atomic E-state index is 10.6. The smallest absolute Gasteiger partial charge is 0.138 e. The molecule has 4 nitrogen and oxygen atoms in total. The summed E-state index contributed by atoms with van der Waals surface area (Å²) in [5.41, 5.74) is 1.23. The molecule has 0 spiro atoms. The molecular weight excluding hydrogens is 250 g/mol. The highest BCUT2D eigenvalue weighted by Crippen LogP contribution is 2.13. The number of hydrogen-bond donors (Lipinski definition) is 2. The molecule has 1 aliphatic rings. The van der Waals surface area contributed by atoms with Gasteiger partial charge < -0.3 is 10.1 Å². The number of aromatic nitrogens is 1. The zero-order valence-electron chi connectivity index (χ0n) is 11.3. The third-order valence-corrected chi connectivity index (χ3v) is 3.06. The lowest BCUT2D eigenvalue weighted by Crippen LogP contribution is -2.50. The second-order valence-corrected chi connectivity index (χ2v) is 4.56. The van der Waals surface area contributed by atoms with Gasteiger partial charge in [-0.05, 0) is 17.7 Å². The molecule has 4 heteroatoms. The number of benzene rings is 1. The van der Waals surface area contributed by atoms with Gasteiger partial charge in [0.25, 0.3) is 0 Å². The standard InChI is InChI=1S/C11H14N2O.C5H5N/c14-8-10-6-12-7-11(13-10)9-4-2-1-3-5-9;1-2-4-6-5-3-1/h1-5,8,10-13H,6-7H2;1-5H. The van der Waals surface area contributed by atoms with Gasteiger partial charge in [-0.3, -0.25) is 10.3 Å². The van der Waals surface area contributed by atoms with Gasteiger partial charge in [-0.15, -0.1) is 0 Å². The first-order valence-electron chi connectivity index (χ1n) is 6.72. The van der Waals surface area contributed by atoms with Crippen LogP contribution in [0.3, 0.4) is 0 Å². The van der Waals surface area contributed by atoms with Gasteiger partial charge in [-0.1, -0.05) is 36.4 Å². The number of carbonyl (C=O) groups is 1. The van der Waals surface area contributed by atoms with Crippen molar-refractivity contribution in [2.45, 2.75) is 12.1 Å². The van der Waals surface area contributed by atoms with Crippen molar-refractivity contribution in [3.05, 3.63) is 66.5 Å². The number of nitrogens with zero attached hydrogens (tertiary/aromatic N) is 1. The molecule has 1 aliphatic heterocycles. The average Bonchev–Trinajstić information content (AvgIpc) is 2.58. The van der Waals surface area contributed by atoms with Crippen molar-refractivity contribution in [2.24, 2.45) is 0 Å². The first kappa shape index (κ1) is 14.4. The van der Waals surface area contributed by atoms with Gasteiger partial charge in [0.15, 0.2) is 0 Å². The molecule has 0 amide bonds. The Labute approximate surface area is 119 Å². The van der Waals surface area contributed by atoms with Crippen LogP contribution in [-0.2, 0) is 4.79 Å². The molecular formula is C16H19N3O. The number of pyridine rings is 1. The second-order valence-electron chi connectivity index (χ2n) is 4.56. The van der Waals surface area contributed by atoms with Crippen molar-refractivity contribution < 1.29 is 4.79 Å². The van der Waals surface area contributed by atoms with Crippen molar-refractivity contribution >= 4 is 6.29 Å². The van der Waals surface area contributed by atoms with Crippen LogP contribution in [0.4, 0.5) is 0 Å². The summed E-state index contributed by atoms with van der Waals surface area (Å²) in [6, 6.07) is 16.1. The maximum Gasteiger partial charge on any atom is 0.138 e. The molecule has 2 unspecified atom stereocenters. The van der Waals surface area contributed by atoms with Crippen LogP contribution < -0.4 is 10.6 Å². The molecule has 2 aromatic rings. The van der Waals surface area contributed by atoms with Crippen LogP contribution in [0.1, 0.15) is 11.6 Å². The minimum atomic E-state index is -0.0612. The minimum Gasteiger partial charge on any atom is -0.313 e. The summed E-state index contributed by atoms with van der Waals surface area (Å²) in [6.07, 6.45) is 4.46. The van der Waals surface area contributed by atoms with E-state index in [9.17, 15) is 4.79 Å². The van der Waals surface area contributed by atoms with E-state index < -0.39 is 0 Å². The fourth-order valence-corrected chi connectivity index (χ4v) is 2.06. The average molecular weight is 269 g/mol. The van der Waals surface area contributed by atoms with Crippen molar-refractivity contribution in [1.29, 1.82) is 0 Å². The van der Waals surface area contributed by atoms with E-state index in [2.05, 4.69) is 27.8 Å². The monoisotopic (exact) mass is 269 g/mol. The number of aldehydes is 1. The first-order chi connectivity index (χ1) is 9.90. The molecule has 0 saturated carbocycles. The van der Waals surface area contributed by atoms with E-state index in [4.69, 9.17) is 0 Å². The summed E-state index contributed by atoms with van der Waals surface area (Å²) in [5.74, 6) is 0. The SMILES string of the molecule is O=CC1CNCC(c2ccccc2)N1.c1ccncc1. The van der Waals surface area contributed by atoms with Crippen LogP contribution >= 0.6 is 0 Å². The van der Waals surface area contributed by atoms with E-state index in [1.54, 1.807) is 12.4 Å². The van der Waals surface area contributed by atoms with Gasteiger partial charge in [-0.25, -0.2) is 0 Å². The molecule has 0 aliphatic carbocycles. The van der Waals surface area contributed by atoms with Gasteiger partial charge in [-0.2, -0.15) is 0 Å². The Kier molecular flexibility index (Phi) is 5.89. The predicted molar refractivity (Wildman–Crippen MR) is 79.3 cm³/mol. The van der Waals surface area contributed by atoms with E-state index in [1.165, 1.54) is 5.56 Å². The molecule has 20 heavy (non-hydrogen) atoms. The molecule has 3 rings (SSSR count). The summed E-state index contributed by atoms with van der Waals surface area (Å²) in [5, 5.41) is 6.53. The van der Waals surface area contributed by atoms with Crippen LogP contribution in [0.5, 0.6) is 0 Å². The third-order valence-electron chi connectivity index (χ3n) is 3.06. The van der Waals surface area contributed by atoms with Crippen LogP contribution in [0.15, 0.2) is 60.9 Å². The van der Waals surface area contributed by atoms with Crippen LogP contribution in [0.25, 0.3) is 0 Å². The highest BCUT2D eigenvalue weighted by atomic mass is 16.1. The van der Waals surface area contributed by atoms with Gasteiger partial charge in [0.2, 0.25) is 0 Å². The number of rotatable bonds is 2. The van der Waals surface area contributed by atoms with E-state index >= 15 is 0 Å². The van der Waals surface area contributed by atoms with Gasteiger partial charge in [0.1, 0.15) is 6.29 Å². The Morgan fingerprint density at radius 1 is 1.00 bits per heavy atom. The fourth-order valence-electron chi connectivity index (χ4n) is 2.06. The van der Waals surface area contributed by atoms with Crippen molar-refractivity contribution in [2.75, 3.05) is 13.1 Å². The molecule has 2 N–H and O–H groups in total. The Bertz CT molecular complexity index is 463. The van der Waals surface area contributed by atoms with E-state index in [0.717, 1.165) is 19.4 Å². The van der Waals surface area contributed by atoms with Gasteiger partial charge in [0.05, 0.1) is 6.04 Å². The van der Waals surface area contributed by atoms with E-state index in [1.807, 2.05) is 36.4 Å². The zero-order valence-corrected chi connectivity index (χ0v) is 11.3. The molecule has 0 bridgehead atoms. The van der Waals surface area contributed by atoms with Crippen LogP contribution in [0, 0.1) is 0 Å². The molecule has 1 saturated heterocycles. The zero-order chi connectivity index (χ0) is 14.0. The highest BCUT2D eigenvalue weighted by molar-refractivity contribution is 5.58. The Morgan fingerprint density at radius 3 is 2.25 bits per heavy atom. The van der Waals surface area contributed by atoms with Crippen molar-refractivity contribution in [3.63, 3.8) is 0 Å². The van der Waals surface area contributed by atoms with Crippen molar-refractivity contribution in [3.8, 4) is 0 Å². The Hall–Kier alpha value is -2.04. The molecule has 1 aromatic heterocycles. The van der Waals surface area contributed by atoms with Gasteiger partial charge >= 0.3 is 0 Å². The number of piperazine rings is 1. The number of hydrogen-bond acceptors (Lipinski definition) is 4. The van der Waals surface area contributed by atoms with Crippen LogP contribution in [-0.4, -0.2) is 30.4 Å². The summed E-state index contributed by atoms with van der Waals surface area (Å²) < 4.78 is 0. The topological polar surface area (TPSA) is 54.0 Å². The third kappa shape index (κ3) is 4.57. The van der Waals surface area contributed by atoms with Crippen LogP contribution in [0.2, 0.25) is 0 Å². The highest BCUT2D eigenvalue weighted by Gasteiger charge is 2.20. The lowest BCUT2D eigenvalue weighted by atomic mass is 10.0. The first-order valence-corrected chi connectivity index (χ1v) is 6.72. The molecule has 1 fully saturated rings. The molecule has 0 radical (unpaired) electrons. The Morgan fingerprint density at radius 2 is 1.70 bits per heavy atom. The molecule has 104 valence electrons. The molecule has 2 atom stereocenters. The number of carbonyl (C=O) groups excluding carboxylic acids is 1. The number of nitrogens with one attached hydrogen (secondary N) is 2. The second kappa shape index (κ2) is 8.19. The lowest BCUT2D eigenvalue weighted by Gasteiger charge is -2.29. The summed E-state index contributed by atoms with van der Waals surface area (Å²) in [6.45, 7) is 1.61. The summed E-state index contributed by atoms with van der Waals surface area (Å²) in [4.78, 5) is 14.4. The minimum absolute atomic E-state index is 0.0612. The molecule has 1 aromatic carbocycles. The van der Waals surface area contributed by atoms with Gasteiger partial charge in [0, 0.05) is 31.5 Å². The van der Waals surface area contributed by atoms with Crippen molar-refractivity contribution in [1.82, 2.24) is 15.6 Å². The fraction of sp³-hybridized carbons (Fsp3) is 0.250. The summed E-state index contributed by atoms with van der Waals surface area (Å²) >= 11 is 0. The van der Waals surface area contributed by atoms with E-state index in [0.29, 0.717) is 0 Å². The predicted octanol–water partition coefficient (Wildman–Crippen LogP) is 1.57. The molecule has 2 heterocycles. The quantitative estimate of drug-likeness (QED) is 0.813. The summed E-state index contributed by atoms with van der Waals surface area (Å²) in [7, 11) is 0. The normalized spacial score (nSPS) is 21.4. The maximum atomic E-state index is 10.6. The van der Waals surface area contributed by atoms with E-state index in [-0.39, 0.29) is 12.1 Å². The lowest BCUT2D eigenvalue weighted by molar-refractivity contribution is -0.110. The largest absolute Gasteiger partial charge is 0.313 e.